The van der Waals surface area contributed by atoms with Gasteiger partial charge in [0.1, 0.15) is 5.82 Å². The van der Waals surface area contributed by atoms with Gasteiger partial charge >= 0.3 is 0 Å². The maximum absolute atomic E-state index is 13.7. The zero-order chi connectivity index (χ0) is 20.0. The van der Waals surface area contributed by atoms with Gasteiger partial charge in [-0.1, -0.05) is 18.2 Å². The lowest BCUT2D eigenvalue weighted by molar-refractivity contribution is -0.129. The van der Waals surface area contributed by atoms with Crippen LogP contribution in [0.25, 0.3) is 0 Å². The molecule has 1 aliphatic rings. The summed E-state index contributed by atoms with van der Waals surface area (Å²) in [4.78, 5) is 18.8. The third-order valence-electron chi connectivity index (χ3n) is 4.19. The molecule has 2 aromatic rings. The Bertz CT molecular complexity index is 1070. The molecule has 142 valence electrons. The molecule has 6 nitrogen and oxygen atoms in total. The summed E-state index contributed by atoms with van der Waals surface area (Å²) in [5.41, 5.74) is 6.05. The van der Waals surface area contributed by atoms with Crippen LogP contribution in [0.3, 0.4) is 0 Å². The Morgan fingerprint density at radius 2 is 1.78 bits per heavy atom. The molecule has 3 rings (SSSR count). The fraction of sp³-hybridized carbons (Fsp3) is 0.222. The molecule has 0 saturated heterocycles. The van der Waals surface area contributed by atoms with E-state index in [1.807, 2.05) is 0 Å². The van der Waals surface area contributed by atoms with Crippen molar-refractivity contribution < 1.29 is 13.4 Å². The number of hydrogen-bond acceptors (Lipinski definition) is 5. The van der Waals surface area contributed by atoms with Crippen LogP contribution in [0.4, 0.5) is 10.1 Å². The highest BCUT2D eigenvalue weighted by atomic mass is 79.9. The van der Waals surface area contributed by atoms with Crippen molar-refractivity contribution in [1.29, 1.82) is 0 Å². The average molecular weight is 453 g/mol. The van der Waals surface area contributed by atoms with Crippen molar-refractivity contribution in [1.82, 2.24) is 4.90 Å². The van der Waals surface area contributed by atoms with Crippen molar-refractivity contribution in [2.24, 2.45) is 15.1 Å². The van der Waals surface area contributed by atoms with E-state index in [4.69, 9.17) is 5.73 Å². The van der Waals surface area contributed by atoms with E-state index in [1.165, 1.54) is 30.1 Å². The van der Waals surface area contributed by atoms with Crippen molar-refractivity contribution in [3.05, 3.63) is 63.9 Å². The predicted molar refractivity (Wildman–Crippen MR) is 108 cm³/mol. The highest BCUT2D eigenvalue weighted by Gasteiger charge is 2.49. The van der Waals surface area contributed by atoms with Crippen LogP contribution in [0.15, 0.2) is 56.3 Å². The second-order valence-electron chi connectivity index (χ2n) is 6.49. The number of halogens is 2. The number of hydrogen-bond donors (Lipinski definition) is 1. The molecule has 0 saturated carbocycles. The van der Waals surface area contributed by atoms with Gasteiger partial charge in [-0.3, -0.25) is 9.69 Å². The number of guanidine groups is 1. The molecule has 1 aliphatic heterocycles. The Labute approximate surface area is 165 Å². The molecule has 1 amide bonds. The summed E-state index contributed by atoms with van der Waals surface area (Å²) < 4.78 is 30.0. The highest BCUT2D eigenvalue weighted by Crippen LogP contribution is 2.40. The van der Waals surface area contributed by atoms with Crippen LogP contribution in [0.5, 0.6) is 0 Å². The molecule has 1 atom stereocenters. The summed E-state index contributed by atoms with van der Waals surface area (Å²) in [6.07, 6.45) is 3.08. The number of benzene rings is 2. The van der Waals surface area contributed by atoms with Crippen LogP contribution in [0.1, 0.15) is 11.1 Å². The Morgan fingerprint density at radius 1 is 1.19 bits per heavy atom. The van der Waals surface area contributed by atoms with Gasteiger partial charge in [-0.15, -0.1) is 0 Å². The fourth-order valence-electron chi connectivity index (χ4n) is 2.92. The minimum absolute atomic E-state index is 0.0688. The maximum Gasteiger partial charge on any atom is 0.266 e. The molecule has 2 aromatic carbocycles. The van der Waals surface area contributed by atoms with Gasteiger partial charge in [0.25, 0.3) is 5.91 Å². The smallest absolute Gasteiger partial charge is 0.266 e. The Kier molecular flexibility index (Phi) is 4.85. The number of amides is 1. The van der Waals surface area contributed by atoms with Crippen LogP contribution in [-0.4, -0.2) is 40.5 Å². The van der Waals surface area contributed by atoms with Gasteiger partial charge in [-0.25, -0.2) is 13.6 Å². The summed E-state index contributed by atoms with van der Waals surface area (Å²) in [5, 5.41) is 0. The Morgan fingerprint density at radius 3 is 2.26 bits per heavy atom. The molecule has 0 bridgehead atoms. The number of carbonyl (C=O) groups is 1. The lowest BCUT2D eigenvalue weighted by Crippen LogP contribution is -2.41. The van der Waals surface area contributed by atoms with E-state index in [0.29, 0.717) is 16.8 Å². The minimum atomic E-state index is -2.31. The number of nitrogens with zero attached hydrogens (tertiary/aromatic N) is 3. The van der Waals surface area contributed by atoms with Gasteiger partial charge in [0, 0.05) is 29.3 Å². The van der Waals surface area contributed by atoms with E-state index >= 15 is 0 Å². The first-order chi connectivity index (χ1) is 12.5. The van der Waals surface area contributed by atoms with Crippen LogP contribution in [0.2, 0.25) is 0 Å². The van der Waals surface area contributed by atoms with Gasteiger partial charge in [0.05, 0.1) is 10.2 Å². The van der Waals surface area contributed by atoms with Crippen molar-refractivity contribution in [2.45, 2.75) is 5.54 Å². The molecule has 0 radical (unpaired) electrons. The lowest BCUT2D eigenvalue weighted by atomic mass is 9.83. The first-order valence-electron chi connectivity index (χ1n) is 7.91. The van der Waals surface area contributed by atoms with Crippen molar-refractivity contribution in [3.63, 3.8) is 0 Å². The zero-order valence-electron chi connectivity index (χ0n) is 14.9. The first-order valence-corrected chi connectivity index (χ1v) is 11.0. The Hall–Kier alpha value is -2.26. The van der Waals surface area contributed by atoms with E-state index in [1.54, 1.807) is 36.8 Å². The van der Waals surface area contributed by atoms with E-state index in [9.17, 15) is 13.4 Å². The van der Waals surface area contributed by atoms with Crippen LogP contribution < -0.4 is 5.73 Å². The number of aliphatic imine (C=N–C) groups is 1. The largest absolute Gasteiger partial charge is 0.369 e. The molecular weight excluding hydrogens is 435 g/mol. The fourth-order valence-corrected chi connectivity index (χ4v) is 3.93. The second kappa shape index (κ2) is 6.72. The quantitative estimate of drug-likeness (QED) is 0.775. The summed E-state index contributed by atoms with van der Waals surface area (Å²) in [7, 11) is -0.775. The molecule has 1 unspecified atom stereocenters. The second-order valence-corrected chi connectivity index (χ2v) is 9.89. The van der Waals surface area contributed by atoms with E-state index in [0.717, 1.165) is 0 Å². The minimum Gasteiger partial charge on any atom is -0.369 e. The van der Waals surface area contributed by atoms with Crippen molar-refractivity contribution in [2.75, 3.05) is 19.6 Å². The summed E-state index contributed by atoms with van der Waals surface area (Å²) in [6, 6.07) is 11.0. The molecule has 27 heavy (non-hydrogen) atoms. The normalized spacial score (nSPS) is 20.0. The molecule has 0 aromatic heterocycles. The van der Waals surface area contributed by atoms with Crippen LogP contribution in [-0.2, 0) is 20.1 Å². The number of nitrogens with two attached hydrogens (primary N) is 1. The number of rotatable bonds is 3. The van der Waals surface area contributed by atoms with E-state index in [-0.39, 0.29) is 16.3 Å². The number of carbonyl (C=O) groups excluding carboxylic acids is 1. The lowest BCUT2D eigenvalue weighted by Gasteiger charge is -2.26. The molecule has 0 fully saturated rings. The molecule has 0 spiro atoms. The SMILES string of the molecule is CN1C(=O)C(c2ccc(N=S(C)(C)=O)cc2)(c2ccc(F)c(Br)c2)N=C1N. The van der Waals surface area contributed by atoms with E-state index in [2.05, 4.69) is 25.3 Å². The van der Waals surface area contributed by atoms with E-state index < -0.39 is 21.1 Å². The summed E-state index contributed by atoms with van der Waals surface area (Å²) in [6.45, 7) is 0. The van der Waals surface area contributed by atoms with Crippen molar-refractivity contribution in [3.8, 4) is 0 Å². The highest BCUT2D eigenvalue weighted by molar-refractivity contribution is 9.10. The van der Waals surface area contributed by atoms with Crippen molar-refractivity contribution >= 4 is 43.2 Å². The van der Waals surface area contributed by atoms with Gasteiger partial charge in [-0.05, 0) is 51.3 Å². The summed E-state index contributed by atoms with van der Waals surface area (Å²) in [5.74, 6) is -0.725. The topological polar surface area (TPSA) is 88.1 Å². The van der Waals surface area contributed by atoms with Gasteiger partial charge < -0.3 is 5.73 Å². The molecule has 1 heterocycles. The third-order valence-corrected chi connectivity index (χ3v) is 5.45. The predicted octanol–water partition coefficient (Wildman–Crippen LogP) is 2.98. The van der Waals surface area contributed by atoms with Gasteiger partial charge in [0.15, 0.2) is 11.5 Å². The standard InChI is InChI=1S/C18H18BrFN4O2S/c1-24-16(25)18(22-17(24)21,12-6-9-15(20)14(19)10-12)11-4-7-13(8-5-11)23-27(2,3)26/h4-10H,1-3H3,(H2,21,22). The zero-order valence-corrected chi connectivity index (χ0v) is 17.3. The summed E-state index contributed by atoms with van der Waals surface area (Å²) >= 11 is 3.16. The Balaban J connectivity index is 2.22. The maximum atomic E-state index is 13.7. The molecule has 9 heteroatoms. The molecule has 0 aliphatic carbocycles. The molecule has 2 N–H and O–H groups in total. The molecular formula is C18H18BrFN4O2S. The number of likely N-dealkylation sites (N-methyl/N-ethyl adjacent to an activating group) is 1. The average Bonchev–Trinajstić information content (AvgIpc) is 2.82. The van der Waals surface area contributed by atoms with Gasteiger partial charge in [-0.2, -0.15) is 4.36 Å². The third kappa shape index (κ3) is 3.49. The van der Waals surface area contributed by atoms with Crippen LogP contribution in [0, 0.1) is 5.82 Å². The van der Waals surface area contributed by atoms with Gasteiger partial charge in [0.2, 0.25) is 0 Å². The monoisotopic (exact) mass is 452 g/mol. The first kappa shape index (κ1) is 19.5. The van der Waals surface area contributed by atoms with Crippen LogP contribution >= 0.6 is 15.9 Å².